The van der Waals surface area contributed by atoms with Crippen molar-refractivity contribution in [3.8, 4) is 11.5 Å². The Morgan fingerprint density at radius 2 is 1.71 bits per heavy atom. The summed E-state index contributed by atoms with van der Waals surface area (Å²) >= 11 is 0. The number of Topliss-reactive ketones (excluding diaryl/α,β-unsaturated/α-hetero) is 1. The van der Waals surface area contributed by atoms with E-state index in [-0.39, 0.29) is 17.9 Å². The van der Waals surface area contributed by atoms with Gasteiger partial charge < -0.3 is 14.9 Å². The van der Waals surface area contributed by atoms with Crippen LogP contribution in [0.15, 0.2) is 48.5 Å². The Bertz CT molecular complexity index is 649. The van der Waals surface area contributed by atoms with E-state index in [1.165, 1.54) is 12.1 Å². The molecule has 0 fully saturated rings. The molecule has 0 aromatic heterocycles. The molecule has 21 heavy (non-hydrogen) atoms. The van der Waals surface area contributed by atoms with Crippen LogP contribution in [-0.2, 0) is 22.6 Å². The Labute approximate surface area is 121 Å². The van der Waals surface area contributed by atoms with Crippen LogP contribution in [-0.4, -0.2) is 22.0 Å². The van der Waals surface area contributed by atoms with Gasteiger partial charge in [-0.05, 0) is 23.3 Å². The molecule has 5 heteroatoms. The summed E-state index contributed by atoms with van der Waals surface area (Å²) in [6, 6.07) is 13.9. The van der Waals surface area contributed by atoms with Gasteiger partial charge in [0.1, 0.15) is 6.61 Å². The van der Waals surface area contributed by atoms with Crippen LogP contribution in [0.3, 0.4) is 0 Å². The molecule has 0 amide bonds. The molecular weight excluding hydrogens is 272 g/mol. The maximum absolute atomic E-state index is 11.1. The number of rotatable bonds is 6. The predicted octanol–water partition coefficient (Wildman–Crippen LogP) is 2.17. The minimum absolute atomic E-state index is 0.124. The molecule has 0 saturated carbocycles. The molecular formula is C16H14O5. The van der Waals surface area contributed by atoms with Crippen molar-refractivity contribution >= 4 is 11.8 Å². The van der Waals surface area contributed by atoms with Gasteiger partial charge in [-0.15, -0.1) is 0 Å². The third-order valence-electron chi connectivity index (χ3n) is 2.86. The SMILES string of the molecule is O=C(O)C(=O)Cc1ccc(OCc2ccccc2)c(O)c1. The van der Waals surface area contributed by atoms with Gasteiger partial charge in [0, 0.05) is 6.42 Å². The number of phenolic OH excluding ortho intramolecular Hbond substituents is 1. The number of aliphatic carboxylic acids is 1. The third kappa shape index (κ3) is 4.07. The van der Waals surface area contributed by atoms with E-state index >= 15 is 0 Å². The zero-order valence-corrected chi connectivity index (χ0v) is 11.2. The lowest BCUT2D eigenvalue weighted by Crippen LogP contribution is -2.14. The van der Waals surface area contributed by atoms with Crippen molar-refractivity contribution in [1.29, 1.82) is 0 Å². The molecule has 2 aromatic rings. The van der Waals surface area contributed by atoms with E-state index in [2.05, 4.69) is 0 Å². The van der Waals surface area contributed by atoms with Gasteiger partial charge in [-0.2, -0.15) is 0 Å². The highest BCUT2D eigenvalue weighted by Gasteiger charge is 2.13. The normalized spacial score (nSPS) is 10.1. The molecule has 0 atom stereocenters. The van der Waals surface area contributed by atoms with Crippen molar-refractivity contribution in [2.45, 2.75) is 13.0 Å². The number of hydrogen-bond donors (Lipinski definition) is 2. The van der Waals surface area contributed by atoms with E-state index < -0.39 is 11.8 Å². The van der Waals surface area contributed by atoms with Crippen LogP contribution in [0, 0.1) is 0 Å². The summed E-state index contributed by atoms with van der Waals surface area (Å²) in [5, 5.41) is 18.4. The molecule has 0 aliphatic carbocycles. The Balaban J connectivity index is 2.02. The van der Waals surface area contributed by atoms with Gasteiger partial charge in [-0.1, -0.05) is 36.4 Å². The van der Waals surface area contributed by atoms with Gasteiger partial charge in [-0.3, -0.25) is 4.79 Å². The first-order valence-electron chi connectivity index (χ1n) is 6.31. The zero-order chi connectivity index (χ0) is 15.2. The average Bonchev–Trinajstić information content (AvgIpc) is 2.47. The van der Waals surface area contributed by atoms with Gasteiger partial charge in [0.05, 0.1) is 0 Å². The number of phenols is 1. The number of carbonyl (C=O) groups excluding carboxylic acids is 1. The number of ketones is 1. The number of benzene rings is 2. The van der Waals surface area contributed by atoms with Crippen LogP contribution in [0.5, 0.6) is 11.5 Å². The fourth-order valence-corrected chi connectivity index (χ4v) is 1.79. The van der Waals surface area contributed by atoms with Crippen molar-refractivity contribution in [1.82, 2.24) is 0 Å². The maximum Gasteiger partial charge on any atom is 0.372 e. The van der Waals surface area contributed by atoms with Crippen LogP contribution in [0.2, 0.25) is 0 Å². The lowest BCUT2D eigenvalue weighted by molar-refractivity contribution is -0.148. The first-order valence-corrected chi connectivity index (χ1v) is 6.31. The van der Waals surface area contributed by atoms with Gasteiger partial charge in [-0.25, -0.2) is 4.79 Å². The van der Waals surface area contributed by atoms with Gasteiger partial charge >= 0.3 is 5.97 Å². The Morgan fingerprint density at radius 1 is 1.00 bits per heavy atom. The Hall–Kier alpha value is -2.82. The largest absolute Gasteiger partial charge is 0.504 e. The number of carboxylic acids is 1. The second-order valence-corrected chi connectivity index (χ2v) is 4.48. The molecule has 0 unspecified atom stereocenters. The van der Waals surface area contributed by atoms with Crippen molar-refractivity contribution in [2.24, 2.45) is 0 Å². The molecule has 0 radical (unpaired) electrons. The van der Waals surface area contributed by atoms with Crippen LogP contribution in [0.4, 0.5) is 0 Å². The van der Waals surface area contributed by atoms with Crippen molar-refractivity contribution in [3.05, 3.63) is 59.7 Å². The number of hydrogen-bond acceptors (Lipinski definition) is 4. The minimum Gasteiger partial charge on any atom is -0.504 e. The van der Waals surface area contributed by atoms with Gasteiger partial charge in [0.2, 0.25) is 5.78 Å². The van der Waals surface area contributed by atoms with E-state index in [1.54, 1.807) is 6.07 Å². The molecule has 0 spiro atoms. The summed E-state index contributed by atoms with van der Waals surface area (Å²) in [5.41, 5.74) is 1.38. The van der Waals surface area contributed by atoms with E-state index in [9.17, 15) is 14.7 Å². The number of carboxylic acid groups (broad SMARTS) is 1. The van der Waals surface area contributed by atoms with E-state index in [4.69, 9.17) is 9.84 Å². The maximum atomic E-state index is 11.1. The second-order valence-electron chi connectivity index (χ2n) is 4.48. The van der Waals surface area contributed by atoms with E-state index in [1.807, 2.05) is 30.3 Å². The third-order valence-corrected chi connectivity index (χ3v) is 2.86. The van der Waals surface area contributed by atoms with Crippen molar-refractivity contribution < 1.29 is 24.5 Å². The fourth-order valence-electron chi connectivity index (χ4n) is 1.79. The Morgan fingerprint density at radius 3 is 2.33 bits per heavy atom. The molecule has 108 valence electrons. The molecule has 0 saturated heterocycles. The summed E-state index contributed by atoms with van der Waals surface area (Å²) in [5.74, 6) is -2.25. The highest BCUT2D eigenvalue weighted by Crippen LogP contribution is 2.27. The lowest BCUT2D eigenvalue weighted by Gasteiger charge is -2.09. The fraction of sp³-hybridized carbons (Fsp3) is 0.125. The molecule has 0 aliphatic heterocycles. The molecule has 2 N–H and O–H groups in total. The van der Waals surface area contributed by atoms with Gasteiger partial charge in [0.25, 0.3) is 0 Å². The van der Waals surface area contributed by atoms with Crippen LogP contribution >= 0.6 is 0 Å². The van der Waals surface area contributed by atoms with Gasteiger partial charge in [0.15, 0.2) is 11.5 Å². The van der Waals surface area contributed by atoms with Crippen molar-refractivity contribution in [3.63, 3.8) is 0 Å². The van der Waals surface area contributed by atoms with Crippen molar-refractivity contribution in [2.75, 3.05) is 0 Å². The monoisotopic (exact) mass is 286 g/mol. The lowest BCUT2D eigenvalue weighted by atomic mass is 10.1. The summed E-state index contributed by atoms with van der Waals surface area (Å²) in [4.78, 5) is 21.6. The zero-order valence-electron chi connectivity index (χ0n) is 11.2. The molecule has 2 rings (SSSR count). The standard InChI is InChI=1S/C16H14O5/c17-13-8-12(9-14(18)16(19)20)6-7-15(13)21-10-11-4-2-1-3-5-11/h1-8,17H,9-10H2,(H,19,20). The highest BCUT2D eigenvalue weighted by atomic mass is 16.5. The van der Waals surface area contributed by atoms with Crippen LogP contribution in [0.25, 0.3) is 0 Å². The molecule has 0 heterocycles. The quantitative estimate of drug-likeness (QED) is 0.795. The molecule has 5 nitrogen and oxygen atoms in total. The van der Waals surface area contributed by atoms with Crippen LogP contribution in [0.1, 0.15) is 11.1 Å². The second kappa shape index (κ2) is 6.56. The average molecular weight is 286 g/mol. The summed E-state index contributed by atoms with van der Waals surface area (Å²) in [6.45, 7) is 0.307. The Kier molecular flexibility index (Phi) is 4.56. The smallest absolute Gasteiger partial charge is 0.372 e. The number of ether oxygens (including phenoxy) is 1. The highest BCUT2D eigenvalue weighted by molar-refractivity contribution is 6.33. The molecule has 0 aliphatic rings. The van der Waals surface area contributed by atoms with E-state index in [0.29, 0.717) is 12.2 Å². The van der Waals surface area contributed by atoms with E-state index in [0.717, 1.165) is 5.56 Å². The molecule has 2 aromatic carbocycles. The number of carbonyl (C=O) groups is 2. The molecule has 0 bridgehead atoms. The first-order chi connectivity index (χ1) is 10.1. The summed E-state index contributed by atoms with van der Waals surface area (Å²) < 4.78 is 5.48. The minimum atomic E-state index is -1.49. The first kappa shape index (κ1) is 14.6. The van der Waals surface area contributed by atoms with Crippen LogP contribution < -0.4 is 4.74 Å². The summed E-state index contributed by atoms with van der Waals surface area (Å²) in [6.07, 6.45) is -0.262. The topological polar surface area (TPSA) is 83.8 Å². The summed E-state index contributed by atoms with van der Waals surface area (Å²) in [7, 11) is 0. The predicted molar refractivity (Wildman–Crippen MR) is 75.2 cm³/mol. The number of aromatic hydroxyl groups is 1.